The highest BCUT2D eigenvalue weighted by molar-refractivity contribution is 5.04. The topological polar surface area (TPSA) is 0 Å². The van der Waals surface area contributed by atoms with Crippen molar-refractivity contribution < 1.29 is 0 Å². The lowest BCUT2D eigenvalue weighted by atomic mass is 9.57. The molecule has 0 saturated heterocycles. The van der Waals surface area contributed by atoms with Gasteiger partial charge in [0.2, 0.25) is 0 Å². The van der Waals surface area contributed by atoms with E-state index in [9.17, 15) is 0 Å². The van der Waals surface area contributed by atoms with Gasteiger partial charge < -0.3 is 0 Å². The van der Waals surface area contributed by atoms with Crippen LogP contribution in [0.4, 0.5) is 0 Å². The maximum atomic E-state index is 2.46. The lowest BCUT2D eigenvalue weighted by Crippen LogP contribution is -2.39. The van der Waals surface area contributed by atoms with Gasteiger partial charge in [-0.2, -0.15) is 0 Å². The van der Waals surface area contributed by atoms with Crippen LogP contribution in [0.2, 0.25) is 0 Å². The molecule has 4 aliphatic carbocycles. The molecule has 24 heavy (non-hydrogen) atoms. The van der Waals surface area contributed by atoms with Crippen LogP contribution in [0.1, 0.15) is 106 Å². The molecule has 4 fully saturated rings. The maximum Gasteiger partial charge on any atom is -0.0220 e. The van der Waals surface area contributed by atoms with Crippen molar-refractivity contribution in [2.45, 2.75) is 106 Å². The molecule has 0 radical (unpaired) electrons. The average Bonchev–Trinajstić information content (AvgIpc) is 3.24. The minimum atomic E-state index is 0.529. The normalized spacial score (nSPS) is 43.9. The van der Waals surface area contributed by atoms with E-state index >= 15 is 0 Å². The van der Waals surface area contributed by atoms with Crippen LogP contribution < -0.4 is 0 Å². The molecule has 6 atom stereocenters. The third-order valence-corrected chi connectivity index (χ3v) is 8.95. The maximum absolute atomic E-state index is 2.46. The van der Waals surface area contributed by atoms with E-state index in [-0.39, 0.29) is 0 Å². The lowest BCUT2D eigenvalue weighted by molar-refractivity contribution is 0.0156. The summed E-state index contributed by atoms with van der Waals surface area (Å²) in [6, 6.07) is 0. The Hall–Kier alpha value is 0. The zero-order chi connectivity index (χ0) is 17.8. The molecule has 4 saturated carbocycles. The second-order valence-electron chi connectivity index (χ2n) is 12.0. The molecule has 4 rings (SSSR count). The molecule has 0 nitrogen and oxygen atoms in total. The summed E-state index contributed by atoms with van der Waals surface area (Å²) in [5.74, 6) is 5.40. The fourth-order valence-corrected chi connectivity index (χ4v) is 7.63. The van der Waals surface area contributed by atoms with Gasteiger partial charge in [0.1, 0.15) is 0 Å². The van der Waals surface area contributed by atoms with E-state index in [1.807, 2.05) is 0 Å². The Balaban J connectivity index is 0.000000143. The quantitative estimate of drug-likeness (QED) is 0.461. The van der Waals surface area contributed by atoms with Gasteiger partial charge in [-0.25, -0.2) is 0 Å². The molecular formula is C24H44. The number of rotatable bonds is 1. The van der Waals surface area contributed by atoms with Crippen molar-refractivity contribution >= 4 is 0 Å². The molecule has 140 valence electrons. The second kappa shape index (κ2) is 6.31. The summed E-state index contributed by atoms with van der Waals surface area (Å²) in [5, 5.41) is 0. The molecule has 6 unspecified atom stereocenters. The highest BCUT2D eigenvalue weighted by atomic mass is 14.6. The Kier molecular flexibility index (Phi) is 4.94. The third-order valence-electron chi connectivity index (χ3n) is 8.95. The van der Waals surface area contributed by atoms with E-state index in [0.717, 1.165) is 29.6 Å². The smallest absolute Gasteiger partial charge is 0.0220 e. The Morgan fingerprint density at radius 3 is 1.71 bits per heavy atom. The van der Waals surface area contributed by atoms with Gasteiger partial charge in [-0.3, -0.25) is 0 Å². The number of hydrogen-bond acceptors (Lipinski definition) is 0. The number of hydrogen-bond donors (Lipinski definition) is 0. The molecule has 0 spiro atoms. The van der Waals surface area contributed by atoms with Gasteiger partial charge in [-0.05, 0) is 90.8 Å². The molecule has 0 amide bonds. The molecule has 0 N–H and O–H groups in total. The minimum Gasteiger partial charge on any atom is -0.0648 e. The van der Waals surface area contributed by atoms with E-state index in [2.05, 4.69) is 48.5 Å². The standard InChI is InChI=1S/C13H24.C11H20/c1-5-13(12(2,3)4)9-10-6-7-11(13)8-10;1-11(2,3)10-7-8-4-5-9(10)6-8/h10-11H,5-9H2,1-4H3;8-10H,4-7H2,1-3H3. The summed E-state index contributed by atoms with van der Waals surface area (Å²) >= 11 is 0. The first-order chi connectivity index (χ1) is 11.1. The predicted octanol–water partition coefficient (Wildman–Crippen LogP) is 7.72. The molecule has 0 aromatic rings. The van der Waals surface area contributed by atoms with Gasteiger partial charge in [-0.15, -0.1) is 0 Å². The van der Waals surface area contributed by atoms with E-state index in [0.29, 0.717) is 16.2 Å². The van der Waals surface area contributed by atoms with Crippen molar-refractivity contribution in [3.8, 4) is 0 Å². The van der Waals surface area contributed by atoms with Crippen molar-refractivity contribution in [1.82, 2.24) is 0 Å². The van der Waals surface area contributed by atoms with Crippen LogP contribution in [0.25, 0.3) is 0 Å². The summed E-state index contributed by atoms with van der Waals surface area (Å²) in [6.07, 6.45) is 13.7. The molecule has 0 aliphatic heterocycles. The van der Waals surface area contributed by atoms with Gasteiger partial charge in [0.05, 0.1) is 0 Å². The van der Waals surface area contributed by atoms with Crippen LogP contribution in [0.5, 0.6) is 0 Å². The van der Waals surface area contributed by atoms with Crippen LogP contribution in [0.3, 0.4) is 0 Å². The van der Waals surface area contributed by atoms with Gasteiger partial charge in [0.15, 0.2) is 0 Å². The highest BCUT2D eigenvalue weighted by Gasteiger charge is 2.55. The average molecular weight is 333 g/mol. The van der Waals surface area contributed by atoms with Crippen molar-refractivity contribution in [1.29, 1.82) is 0 Å². The molecule has 0 aromatic carbocycles. The van der Waals surface area contributed by atoms with Crippen LogP contribution in [0.15, 0.2) is 0 Å². The molecule has 4 aliphatic rings. The number of fused-ring (bicyclic) bond motifs is 4. The van der Waals surface area contributed by atoms with E-state index in [1.54, 1.807) is 12.8 Å². The van der Waals surface area contributed by atoms with Gasteiger partial charge in [0.25, 0.3) is 0 Å². The van der Waals surface area contributed by atoms with E-state index in [4.69, 9.17) is 0 Å². The first kappa shape index (κ1) is 18.8. The molecule has 0 aromatic heterocycles. The Labute approximate surface area is 152 Å². The first-order valence-corrected chi connectivity index (χ1v) is 11.1. The van der Waals surface area contributed by atoms with E-state index < -0.39 is 0 Å². The summed E-state index contributed by atoms with van der Waals surface area (Å²) in [5.41, 5.74) is 1.80. The van der Waals surface area contributed by atoms with Gasteiger partial charge >= 0.3 is 0 Å². The summed E-state index contributed by atoms with van der Waals surface area (Å²) in [7, 11) is 0. The fourth-order valence-electron chi connectivity index (χ4n) is 7.63. The Bertz CT molecular complexity index is 434. The fraction of sp³-hybridized carbons (Fsp3) is 1.00. The van der Waals surface area contributed by atoms with Gasteiger partial charge in [0, 0.05) is 0 Å². The van der Waals surface area contributed by atoms with Crippen molar-refractivity contribution in [2.75, 3.05) is 0 Å². The monoisotopic (exact) mass is 332 g/mol. The van der Waals surface area contributed by atoms with Crippen LogP contribution in [0, 0.1) is 45.8 Å². The zero-order valence-electron chi connectivity index (χ0n) is 17.8. The molecular weight excluding hydrogens is 288 g/mol. The second-order valence-corrected chi connectivity index (χ2v) is 12.0. The van der Waals surface area contributed by atoms with Crippen molar-refractivity contribution in [3.63, 3.8) is 0 Å². The predicted molar refractivity (Wildman–Crippen MR) is 106 cm³/mol. The minimum absolute atomic E-state index is 0.529. The summed E-state index contributed by atoms with van der Waals surface area (Å²) in [6.45, 7) is 17.0. The van der Waals surface area contributed by atoms with Gasteiger partial charge in [-0.1, -0.05) is 61.3 Å². The summed E-state index contributed by atoms with van der Waals surface area (Å²) in [4.78, 5) is 0. The third kappa shape index (κ3) is 3.21. The Morgan fingerprint density at radius 1 is 0.792 bits per heavy atom. The molecule has 0 heterocycles. The van der Waals surface area contributed by atoms with Crippen molar-refractivity contribution in [2.24, 2.45) is 45.8 Å². The summed E-state index contributed by atoms with van der Waals surface area (Å²) < 4.78 is 0. The highest BCUT2D eigenvalue weighted by Crippen LogP contribution is 2.64. The van der Waals surface area contributed by atoms with Crippen molar-refractivity contribution in [3.05, 3.63) is 0 Å². The van der Waals surface area contributed by atoms with Crippen LogP contribution >= 0.6 is 0 Å². The molecule has 0 heteroatoms. The zero-order valence-corrected chi connectivity index (χ0v) is 17.8. The Morgan fingerprint density at radius 2 is 1.46 bits per heavy atom. The largest absolute Gasteiger partial charge is 0.0648 e. The first-order valence-electron chi connectivity index (χ1n) is 11.1. The molecule has 4 bridgehead atoms. The van der Waals surface area contributed by atoms with Crippen LogP contribution in [-0.4, -0.2) is 0 Å². The van der Waals surface area contributed by atoms with E-state index in [1.165, 1.54) is 44.9 Å². The van der Waals surface area contributed by atoms with Crippen LogP contribution in [-0.2, 0) is 0 Å². The lowest BCUT2D eigenvalue weighted by Gasteiger charge is -2.48. The SMILES string of the molecule is CC(C)(C)C1CC2CCC1C2.CCC1(C(C)(C)C)CC2CCC1C2.